The summed E-state index contributed by atoms with van der Waals surface area (Å²) < 4.78 is 1.92. The quantitative estimate of drug-likeness (QED) is 0.785. The lowest BCUT2D eigenvalue weighted by molar-refractivity contribution is 0.0670. The lowest BCUT2D eigenvalue weighted by Crippen LogP contribution is -2.43. The van der Waals surface area contributed by atoms with Gasteiger partial charge in [0.1, 0.15) is 5.69 Å². The van der Waals surface area contributed by atoms with Crippen molar-refractivity contribution in [2.24, 2.45) is 7.05 Å². The molecule has 2 bridgehead atoms. The van der Waals surface area contributed by atoms with Gasteiger partial charge in [-0.1, -0.05) is 0 Å². The van der Waals surface area contributed by atoms with Crippen molar-refractivity contribution < 1.29 is 4.79 Å². The predicted octanol–water partition coefficient (Wildman–Crippen LogP) is 0.992. The molecule has 92 valence electrons. The molecule has 1 amide bonds. The SMILES string of the molecule is Cn1cccc1C(=O)N1C2CCNCC1CC2. The molecule has 0 radical (unpaired) electrons. The maximum absolute atomic E-state index is 12.6. The summed E-state index contributed by atoms with van der Waals surface area (Å²) in [6.45, 7) is 1.99. The minimum Gasteiger partial charge on any atom is -0.347 e. The molecule has 0 aromatic carbocycles. The highest BCUT2D eigenvalue weighted by molar-refractivity contribution is 5.93. The number of carbonyl (C=O) groups is 1. The van der Waals surface area contributed by atoms with E-state index in [1.807, 2.05) is 29.9 Å². The van der Waals surface area contributed by atoms with Crippen LogP contribution in [0.2, 0.25) is 0 Å². The molecular weight excluding hydrogens is 214 g/mol. The van der Waals surface area contributed by atoms with Gasteiger partial charge in [-0.25, -0.2) is 0 Å². The number of aryl methyl sites for hydroxylation is 1. The van der Waals surface area contributed by atoms with E-state index >= 15 is 0 Å². The second-order valence-corrected chi connectivity index (χ2v) is 5.09. The normalized spacial score (nSPS) is 28.2. The topological polar surface area (TPSA) is 37.3 Å². The van der Waals surface area contributed by atoms with Crippen LogP contribution in [0, 0.1) is 0 Å². The van der Waals surface area contributed by atoms with Crippen LogP contribution in [0.1, 0.15) is 29.8 Å². The molecule has 17 heavy (non-hydrogen) atoms. The summed E-state index contributed by atoms with van der Waals surface area (Å²) in [4.78, 5) is 14.7. The van der Waals surface area contributed by atoms with Gasteiger partial charge >= 0.3 is 0 Å². The first-order chi connectivity index (χ1) is 8.27. The van der Waals surface area contributed by atoms with Crippen molar-refractivity contribution in [2.75, 3.05) is 13.1 Å². The number of amides is 1. The molecule has 2 atom stereocenters. The first kappa shape index (κ1) is 10.8. The van der Waals surface area contributed by atoms with Crippen molar-refractivity contribution in [1.82, 2.24) is 14.8 Å². The third kappa shape index (κ3) is 1.76. The van der Waals surface area contributed by atoms with E-state index in [2.05, 4.69) is 10.2 Å². The number of aromatic nitrogens is 1. The van der Waals surface area contributed by atoms with Gasteiger partial charge in [-0.2, -0.15) is 0 Å². The van der Waals surface area contributed by atoms with Gasteiger partial charge in [-0.15, -0.1) is 0 Å². The molecule has 3 rings (SSSR count). The van der Waals surface area contributed by atoms with Gasteiger partial charge in [0.15, 0.2) is 0 Å². The summed E-state index contributed by atoms with van der Waals surface area (Å²) in [5, 5.41) is 3.42. The van der Waals surface area contributed by atoms with E-state index in [1.165, 1.54) is 6.42 Å². The fourth-order valence-corrected chi connectivity index (χ4v) is 3.13. The highest BCUT2D eigenvalue weighted by Gasteiger charge is 2.38. The van der Waals surface area contributed by atoms with Gasteiger partial charge in [0, 0.05) is 31.9 Å². The summed E-state index contributed by atoms with van der Waals surface area (Å²) in [7, 11) is 1.94. The van der Waals surface area contributed by atoms with Crippen LogP contribution in [0.25, 0.3) is 0 Å². The van der Waals surface area contributed by atoms with E-state index < -0.39 is 0 Å². The third-order valence-electron chi connectivity index (χ3n) is 4.05. The van der Waals surface area contributed by atoms with Crippen molar-refractivity contribution in [3.8, 4) is 0 Å². The van der Waals surface area contributed by atoms with Crippen LogP contribution >= 0.6 is 0 Å². The van der Waals surface area contributed by atoms with Crippen molar-refractivity contribution in [1.29, 1.82) is 0 Å². The zero-order chi connectivity index (χ0) is 11.8. The Morgan fingerprint density at radius 1 is 1.35 bits per heavy atom. The van der Waals surface area contributed by atoms with Crippen molar-refractivity contribution in [2.45, 2.75) is 31.3 Å². The smallest absolute Gasteiger partial charge is 0.271 e. The van der Waals surface area contributed by atoms with Gasteiger partial charge in [0.25, 0.3) is 5.91 Å². The second-order valence-electron chi connectivity index (χ2n) is 5.09. The standard InChI is InChI=1S/C13H19N3O/c1-15-8-2-3-12(15)13(17)16-10-4-5-11(16)9-14-7-6-10/h2-3,8,10-11,14H,4-7,9H2,1H3. The van der Waals surface area contributed by atoms with Crippen LogP contribution in [0.15, 0.2) is 18.3 Å². The molecule has 2 aliphatic rings. The summed E-state index contributed by atoms with van der Waals surface area (Å²) in [6.07, 6.45) is 5.34. The Labute approximate surface area is 102 Å². The lowest BCUT2D eigenvalue weighted by Gasteiger charge is -2.28. The van der Waals surface area contributed by atoms with Crippen LogP contribution in [-0.2, 0) is 7.05 Å². The average molecular weight is 233 g/mol. The summed E-state index contributed by atoms with van der Waals surface area (Å²) in [5.74, 6) is 0.203. The second kappa shape index (κ2) is 4.18. The highest BCUT2D eigenvalue weighted by atomic mass is 16.2. The van der Waals surface area contributed by atoms with Crippen LogP contribution in [0.4, 0.5) is 0 Å². The van der Waals surface area contributed by atoms with Gasteiger partial charge in [-0.3, -0.25) is 4.79 Å². The minimum atomic E-state index is 0.203. The van der Waals surface area contributed by atoms with E-state index in [0.717, 1.165) is 31.6 Å². The Bertz CT molecular complexity index is 412. The van der Waals surface area contributed by atoms with Crippen LogP contribution in [0.5, 0.6) is 0 Å². The number of hydrogen-bond acceptors (Lipinski definition) is 2. The molecule has 2 aliphatic heterocycles. The van der Waals surface area contributed by atoms with E-state index in [-0.39, 0.29) is 5.91 Å². The maximum atomic E-state index is 12.6. The van der Waals surface area contributed by atoms with E-state index in [0.29, 0.717) is 12.1 Å². The van der Waals surface area contributed by atoms with Crippen LogP contribution < -0.4 is 5.32 Å². The third-order valence-corrected chi connectivity index (χ3v) is 4.05. The molecular formula is C13H19N3O. The van der Waals surface area contributed by atoms with Crippen LogP contribution in [-0.4, -0.2) is 40.5 Å². The molecule has 2 saturated heterocycles. The summed E-state index contributed by atoms with van der Waals surface area (Å²) in [5.41, 5.74) is 0.809. The lowest BCUT2D eigenvalue weighted by atomic mass is 10.1. The monoisotopic (exact) mass is 233 g/mol. The number of nitrogens with zero attached hydrogens (tertiary/aromatic N) is 2. The fraction of sp³-hybridized carbons (Fsp3) is 0.615. The number of fused-ring (bicyclic) bond motifs is 2. The molecule has 0 spiro atoms. The van der Waals surface area contributed by atoms with Gasteiger partial charge < -0.3 is 14.8 Å². The molecule has 0 aliphatic carbocycles. The summed E-state index contributed by atoms with van der Waals surface area (Å²) in [6, 6.07) is 4.69. The van der Waals surface area contributed by atoms with Crippen LogP contribution in [0.3, 0.4) is 0 Å². The van der Waals surface area contributed by atoms with E-state index in [1.54, 1.807) is 0 Å². The fourth-order valence-electron chi connectivity index (χ4n) is 3.13. The number of nitrogens with one attached hydrogen (secondary N) is 1. The molecule has 0 saturated carbocycles. The Morgan fingerprint density at radius 3 is 2.94 bits per heavy atom. The Kier molecular flexibility index (Phi) is 2.67. The molecule has 3 heterocycles. The Morgan fingerprint density at radius 2 is 2.18 bits per heavy atom. The van der Waals surface area contributed by atoms with Crippen molar-refractivity contribution >= 4 is 5.91 Å². The number of carbonyl (C=O) groups excluding carboxylic acids is 1. The minimum absolute atomic E-state index is 0.203. The zero-order valence-electron chi connectivity index (χ0n) is 10.2. The average Bonchev–Trinajstić information content (AvgIpc) is 2.81. The molecule has 1 aromatic heterocycles. The predicted molar refractivity (Wildman–Crippen MR) is 65.9 cm³/mol. The molecule has 4 heteroatoms. The maximum Gasteiger partial charge on any atom is 0.271 e. The largest absolute Gasteiger partial charge is 0.347 e. The van der Waals surface area contributed by atoms with E-state index in [4.69, 9.17) is 0 Å². The first-order valence-corrected chi connectivity index (χ1v) is 6.42. The zero-order valence-corrected chi connectivity index (χ0v) is 10.2. The molecule has 2 unspecified atom stereocenters. The summed E-state index contributed by atoms with van der Waals surface area (Å²) >= 11 is 0. The first-order valence-electron chi connectivity index (χ1n) is 6.42. The number of hydrogen-bond donors (Lipinski definition) is 1. The molecule has 2 fully saturated rings. The van der Waals surface area contributed by atoms with Crippen molar-refractivity contribution in [3.63, 3.8) is 0 Å². The van der Waals surface area contributed by atoms with Gasteiger partial charge in [0.2, 0.25) is 0 Å². The molecule has 1 aromatic rings. The highest BCUT2D eigenvalue weighted by Crippen LogP contribution is 2.29. The Hall–Kier alpha value is -1.29. The van der Waals surface area contributed by atoms with E-state index in [9.17, 15) is 4.79 Å². The van der Waals surface area contributed by atoms with Gasteiger partial charge in [-0.05, 0) is 37.9 Å². The molecule has 4 nitrogen and oxygen atoms in total. The molecule has 1 N–H and O–H groups in total. The van der Waals surface area contributed by atoms with Gasteiger partial charge in [0.05, 0.1) is 0 Å². The van der Waals surface area contributed by atoms with Crippen molar-refractivity contribution in [3.05, 3.63) is 24.0 Å². The Balaban J connectivity index is 1.88. The number of rotatable bonds is 1.